The highest BCUT2D eigenvalue weighted by Crippen LogP contribution is 2.20. The quantitative estimate of drug-likeness (QED) is 0.210. The normalized spacial score (nSPS) is 16.8. The number of unbranched alkanes of at least 4 members (excludes halogenated alkanes) is 1. The summed E-state index contributed by atoms with van der Waals surface area (Å²) in [6.07, 6.45) is 2.70. The summed E-state index contributed by atoms with van der Waals surface area (Å²) >= 11 is 0. The van der Waals surface area contributed by atoms with E-state index in [0.717, 1.165) is 25.1 Å². The van der Waals surface area contributed by atoms with Gasteiger partial charge in [-0.2, -0.15) is 0 Å². The summed E-state index contributed by atoms with van der Waals surface area (Å²) in [6.45, 7) is 6.04. The van der Waals surface area contributed by atoms with Gasteiger partial charge in [-0.15, -0.1) is 24.0 Å². The fourth-order valence-electron chi connectivity index (χ4n) is 2.86. The Morgan fingerprint density at radius 2 is 1.89 bits per heavy atom. The molecule has 1 unspecified atom stereocenters. The van der Waals surface area contributed by atoms with Crippen molar-refractivity contribution in [2.45, 2.75) is 32.2 Å². The van der Waals surface area contributed by atoms with Crippen molar-refractivity contribution in [3.05, 3.63) is 30.3 Å². The summed E-state index contributed by atoms with van der Waals surface area (Å²) in [5.41, 5.74) is 0.935. The van der Waals surface area contributed by atoms with E-state index < -0.39 is 0 Å². The molecule has 8 heteroatoms. The van der Waals surface area contributed by atoms with Gasteiger partial charge in [0.1, 0.15) is 0 Å². The minimum absolute atomic E-state index is 0. The van der Waals surface area contributed by atoms with Crippen molar-refractivity contribution in [2.24, 2.45) is 4.99 Å². The Balaban J connectivity index is 0.00000392. The molecule has 1 saturated heterocycles. The minimum atomic E-state index is 0. The van der Waals surface area contributed by atoms with E-state index in [-0.39, 0.29) is 35.9 Å². The molecule has 0 saturated carbocycles. The smallest absolute Gasteiger partial charge is 0.229 e. The number of halogens is 1. The first-order chi connectivity index (χ1) is 13.2. The highest BCUT2D eigenvalue weighted by Gasteiger charge is 2.30. The Labute approximate surface area is 185 Å². The topological polar surface area (TPSA) is 75.2 Å². The number of anilines is 1. The van der Waals surface area contributed by atoms with E-state index in [1.165, 1.54) is 0 Å². The Kier molecular flexibility index (Phi) is 12.8. The zero-order valence-electron chi connectivity index (χ0n) is 16.9. The molecular formula is C20H33IN4O3. The van der Waals surface area contributed by atoms with Crippen molar-refractivity contribution < 1.29 is 14.3 Å². The van der Waals surface area contributed by atoms with Crippen LogP contribution in [-0.2, 0) is 14.3 Å². The van der Waals surface area contributed by atoms with E-state index in [4.69, 9.17) is 9.47 Å². The number of benzene rings is 1. The molecule has 0 aliphatic carbocycles. The molecule has 0 spiro atoms. The van der Waals surface area contributed by atoms with Gasteiger partial charge in [0.15, 0.2) is 5.96 Å². The second-order valence-electron chi connectivity index (χ2n) is 6.46. The van der Waals surface area contributed by atoms with Gasteiger partial charge in [-0.25, -0.2) is 0 Å². The van der Waals surface area contributed by atoms with E-state index in [0.29, 0.717) is 45.3 Å². The Hall–Kier alpha value is -1.39. The summed E-state index contributed by atoms with van der Waals surface area (Å²) < 4.78 is 11.0. The fourth-order valence-corrected chi connectivity index (χ4v) is 2.86. The lowest BCUT2D eigenvalue weighted by molar-refractivity contribution is -0.117. The summed E-state index contributed by atoms with van der Waals surface area (Å²) in [5, 5.41) is 6.54. The highest BCUT2D eigenvalue weighted by atomic mass is 127. The van der Waals surface area contributed by atoms with E-state index >= 15 is 0 Å². The number of amides is 1. The van der Waals surface area contributed by atoms with Crippen LogP contribution in [0, 0.1) is 0 Å². The third kappa shape index (κ3) is 8.74. The molecule has 1 aliphatic heterocycles. The maximum atomic E-state index is 12.3. The standard InChI is InChI=1S/C20H32N4O3.HI/c1-3-4-11-26-13-14-27-12-10-22-20(21-2)23-17-15-19(25)24(16-17)18-8-6-5-7-9-18;/h5-9,17H,3-4,10-16H2,1-2H3,(H2,21,22,23);1H. The Bertz CT molecular complexity index is 586. The average Bonchev–Trinajstić information content (AvgIpc) is 3.06. The van der Waals surface area contributed by atoms with Gasteiger partial charge in [0.2, 0.25) is 5.91 Å². The lowest BCUT2D eigenvalue weighted by Gasteiger charge is -2.19. The number of rotatable bonds is 11. The predicted octanol–water partition coefficient (Wildman–Crippen LogP) is 2.41. The summed E-state index contributed by atoms with van der Waals surface area (Å²) in [4.78, 5) is 18.3. The van der Waals surface area contributed by atoms with Gasteiger partial charge in [0, 0.05) is 38.9 Å². The van der Waals surface area contributed by atoms with Gasteiger partial charge in [0.05, 0.1) is 25.9 Å². The zero-order chi connectivity index (χ0) is 19.3. The second-order valence-corrected chi connectivity index (χ2v) is 6.46. The molecule has 7 nitrogen and oxygen atoms in total. The molecule has 1 amide bonds. The molecule has 0 bridgehead atoms. The van der Waals surface area contributed by atoms with E-state index in [1.54, 1.807) is 7.05 Å². The largest absolute Gasteiger partial charge is 0.379 e. The average molecular weight is 504 g/mol. The van der Waals surface area contributed by atoms with Gasteiger partial charge < -0.3 is 25.0 Å². The summed E-state index contributed by atoms with van der Waals surface area (Å²) in [6, 6.07) is 9.78. The van der Waals surface area contributed by atoms with E-state index in [9.17, 15) is 4.79 Å². The van der Waals surface area contributed by atoms with Crippen LogP contribution in [0.2, 0.25) is 0 Å². The number of ether oxygens (including phenoxy) is 2. The Morgan fingerprint density at radius 1 is 1.18 bits per heavy atom. The van der Waals surface area contributed by atoms with Crippen molar-refractivity contribution in [1.82, 2.24) is 10.6 Å². The predicted molar refractivity (Wildman–Crippen MR) is 124 cm³/mol. The number of carbonyl (C=O) groups excluding carboxylic acids is 1. The number of hydrogen-bond donors (Lipinski definition) is 2. The van der Waals surface area contributed by atoms with E-state index in [1.807, 2.05) is 35.2 Å². The number of nitrogens with zero attached hydrogens (tertiary/aromatic N) is 2. The SMILES string of the molecule is CCCCOCCOCCNC(=NC)NC1CC(=O)N(c2ccccc2)C1.I. The second kappa shape index (κ2) is 14.6. The molecule has 0 aromatic heterocycles. The summed E-state index contributed by atoms with van der Waals surface area (Å²) in [5.74, 6) is 0.811. The van der Waals surface area contributed by atoms with Gasteiger partial charge in [-0.05, 0) is 18.6 Å². The number of carbonyl (C=O) groups is 1. The van der Waals surface area contributed by atoms with Crippen LogP contribution < -0.4 is 15.5 Å². The third-order valence-corrected chi connectivity index (χ3v) is 4.31. The van der Waals surface area contributed by atoms with Crippen molar-refractivity contribution in [1.29, 1.82) is 0 Å². The molecule has 1 aliphatic rings. The van der Waals surface area contributed by atoms with Gasteiger partial charge in [-0.3, -0.25) is 9.79 Å². The first-order valence-corrected chi connectivity index (χ1v) is 9.72. The maximum Gasteiger partial charge on any atom is 0.229 e. The van der Waals surface area contributed by atoms with E-state index in [2.05, 4.69) is 22.5 Å². The minimum Gasteiger partial charge on any atom is -0.379 e. The number of para-hydroxylation sites is 1. The maximum absolute atomic E-state index is 12.3. The monoisotopic (exact) mass is 504 g/mol. The number of nitrogens with one attached hydrogen (secondary N) is 2. The van der Waals surface area contributed by atoms with Crippen LogP contribution in [0.3, 0.4) is 0 Å². The van der Waals surface area contributed by atoms with Crippen molar-refractivity contribution in [3.8, 4) is 0 Å². The molecule has 2 N–H and O–H groups in total. The van der Waals surface area contributed by atoms with Gasteiger partial charge in [-0.1, -0.05) is 31.5 Å². The number of aliphatic imine (C=N–C) groups is 1. The first-order valence-electron chi connectivity index (χ1n) is 9.72. The molecule has 1 aromatic rings. The van der Waals surface area contributed by atoms with Crippen molar-refractivity contribution in [2.75, 3.05) is 51.5 Å². The number of hydrogen-bond acceptors (Lipinski definition) is 4. The third-order valence-electron chi connectivity index (χ3n) is 4.31. The lowest BCUT2D eigenvalue weighted by atomic mass is 10.2. The highest BCUT2D eigenvalue weighted by molar-refractivity contribution is 14.0. The molecule has 1 aromatic carbocycles. The van der Waals surface area contributed by atoms with Gasteiger partial charge >= 0.3 is 0 Å². The molecular weight excluding hydrogens is 471 g/mol. The molecule has 1 heterocycles. The van der Waals surface area contributed by atoms with Crippen LogP contribution >= 0.6 is 24.0 Å². The lowest BCUT2D eigenvalue weighted by Crippen LogP contribution is -2.45. The molecule has 158 valence electrons. The zero-order valence-corrected chi connectivity index (χ0v) is 19.2. The van der Waals surface area contributed by atoms with Gasteiger partial charge in [0.25, 0.3) is 0 Å². The van der Waals surface area contributed by atoms with Crippen LogP contribution in [0.15, 0.2) is 35.3 Å². The molecule has 28 heavy (non-hydrogen) atoms. The summed E-state index contributed by atoms with van der Waals surface area (Å²) in [7, 11) is 1.73. The van der Waals surface area contributed by atoms with Crippen molar-refractivity contribution >= 4 is 41.5 Å². The van der Waals surface area contributed by atoms with Crippen LogP contribution in [0.4, 0.5) is 5.69 Å². The molecule has 0 radical (unpaired) electrons. The van der Waals surface area contributed by atoms with Crippen molar-refractivity contribution in [3.63, 3.8) is 0 Å². The van der Waals surface area contributed by atoms with Crippen LogP contribution in [-0.4, -0.2) is 64.5 Å². The van der Waals surface area contributed by atoms with Crippen LogP contribution in [0.5, 0.6) is 0 Å². The molecule has 1 atom stereocenters. The molecule has 2 rings (SSSR count). The number of guanidine groups is 1. The fraction of sp³-hybridized carbons (Fsp3) is 0.600. The first kappa shape index (κ1) is 24.6. The van der Waals surface area contributed by atoms with Crippen LogP contribution in [0.1, 0.15) is 26.2 Å². The molecule has 1 fully saturated rings. The van der Waals surface area contributed by atoms with Crippen LogP contribution in [0.25, 0.3) is 0 Å². The Morgan fingerprint density at radius 3 is 2.57 bits per heavy atom.